The molecule has 0 bridgehead atoms. The Morgan fingerprint density at radius 1 is 1.43 bits per heavy atom. The van der Waals surface area contributed by atoms with Gasteiger partial charge in [-0.05, 0) is 26.2 Å². The van der Waals surface area contributed by atoms with Crippen molar-refractivity contribution in [2.45, 2.75) is 52.0 Å². The summed E-state index contributed by atoms with van der Waals surface area (Å²) in [5.41, 5.74) is 0. The molecule has 0 aromatic carbocycles. The van der Waals surface area contributed by atoms with Gasteiger partial charge in [-0.1, -0.05) is 29.3 Å². The molecule has 0 heterocycles. The number of hydrogen-bond acceptors (Lipinski definition) is 1. The molecule has 0 aromatic heterocycles. The van der Waals surface area contributed by atoms with E-state index in [2.05, 4.69) is 29.8 Å². The maximum absolute atomic E-state index is 11.6. The van der Waals surface area contributed by atoms with E-state index >= 15 is 0 Å². The highest BCUT2D eigenvalue weighted by atomic mass is 79.9. The highest BCUT2D eigenvalue weighted by molar-refractivity contribution is 9.09. The Labute approximate surface area is 96.2 Å². The third-order valence-corrected chi connectivity index (χ3v) is 3.10. The number of rotatable bonds is 7. The predicted octanol–water partition coefficient (Wildman–Crippen LogP) is 3.20. The quantitative estimate of drug-likeness (QED) is 0.511. The van der Waals surface area contributed by atoms with Gasteiger partial charge in [0.05, 0.1) is 0 Å². The molecule has 1 unspecified atom stereocenters. The summed E-state index contributed by atoms with van der Waals surface area (Å²) < 4.78 is 0. The Kier molecular flexibility index (Phi) is 8.24. The minimum absolute atomic E-state index is 0.284. The molecular weight excluding hydrogens is 242 g/mol. The maximum Gasteiger partial charge on any atom is 0.222 e. The van der Waals surface area contributed by atoms with E-state index in [1.54, 1.807) is 0 Å². The lowest BCUT2D eigenvalue weighted by Crippen LogP contribution is -2.34. The molecule has 0 fully saturated rings. The van der Waals surface area contributed by atoms with Gasteiger partial charge in [0.15, 0.2) is 0 Å². The van der Waals surface area contributed by atoms with Crippen molar-refractivity contribution >= 4 is 21.8 Å². The van der Waals surface area contributed by atoms with Crippen LogP contribution in [-0.4, -0.2) is 29.2 Å². The van der Waals surface area contributed by atoms with Gasteiger partial charge in [-0.25, -0.2) is 0 Å². The standard InChI is InChI=1S/C11H22BrNO/c1-4-7-10(2)13(3)11(14)8-5-6-9-12/h10H,4-9H2,1-3H3. The zero-order valence-corrected chi connectivity index (χ0v) is 11.1. The fraction of sp³-hybridized carbons (Fsp3) is 0.909. The third-order valence-electron chi connectivity index (χ3n) is 2.54. The number of carbonyl (C=O) groups is 1. The lowest BCUT2D eigenvalue weighted by molar-refractivity contribution is -0.131. The van der Waals surface area contributed by atoms with Gasteiger partial charge in [0.2, 0.25) is 5.91 Å². The second-order valence-corrected chi connectivity index (χ2v) is 4.58. The monoisotopic (exact) mass is 263 g/mol. The summed E-state index contributed by atoms with van der Waals surface area (Å²) in [6.45, 7) is 4.27. The number of hydrogen-bond donors (Lipinski definition) is 0. The summed E-state index contributed by atoms with van der Waals surface area (Å²) in [6, 6.07) is 0.386. The number of nitrogens with zero attached hydrogens (tertiary/aromatic N) is 1. The minimum atomic E-state index is 0.284. The van der Waals surface area contributed by atoms with Crippen molar-refractivity contribution in [3.63, 3.8) is 0 Å². The van der Waals surface area contributed by atoms with E-state index in [0.717, 1.165) is 31.0 Å². The van der Waals surface area contributed by atoms with Crippen molar-refractivity contribution in [3.8, 4) is 0 Å². The normalized spacial score (nSPS) is 12.6. The smallest absolute Gasteiger partial charge is 0.222 e. The first-order valence-corrected chi connectivity index (χ1v) is 6.57. The van der Waals surface area contributed by atoms with Crippen LogP contribution < -0.4 is 0 Å². The van der Waals surface area contributed by atoms with E-state index in [1.165, 1.54) is 0 Å². The van der Waals surface area contributed by atoms with Crippen LogP contribution in [0.15, 0.2) is 0 Å². The van der Waals surface area contributed by atoms with Gasteiger partial charge in [0.1, 0.15) is 0 Å². The molecule has 0 N–H and O–H groups in total. The molecule has 0 radical (unpaired) electrons. The molecule has 0 saturated carbocycles. The topological polar surface area (TPSA) is 20.3 Å². The van der Waals surface area contributed by atoms with E-state index in [-0.39, 0.29) is 5.91 Å². The summed E-state index contributed by atoms with van der Waals surface area (Å²) in [5.74, 6) is 0.284. The fourth-order valence-corrected chi connectivity index (χ4v) is 1.80. The SMILES string of the molecule is CCCC(C)N(C)C(=O)CCCCBr. The van der Waals surface area contributed by atoms with E-state index in [4.69, 9.17) is 0 Å². The van der Waals surface area contributed by atoms with Crippen LogP contribution in [0.3, 0.4) is 0 Å². The zero-order valence-electron chi connectivity index (χ0n) is 9.55. The van der Waals surface area contributed by atoms with Gasteiger partial charge in [0.25, 0.3) is 0 Å². The van der Waals surface area contributed by atoms with Gasteiger partial charge in [0, 0.05) is 24.8 Å². The lowest BCUT2D eigenvalue weighted by atomic mass is 10.1. The molecule has 0 spiro atoms. The first-order valence-electron chi connectivity index (χ1n) is 5.45. The van der Waals surface area contributed by atoms with Crippen molar-refractivity contribution < 1.29 is 4.79 Å². The number of unbranched alkanes of at least 4 members (excludes halogenated alkanes) is 1. The second-order valence-electron chi connectivity index (χ2n) is 3.79. The second kappa shape index (κ2) is 8.27. The maximum atomic E-state index is 11.6. The molecular formula is C11H22BrNO. The van der Waals surface area contributed by atoms with Crippen molar-refractivity contribution in [2.75, 3.05) is 12.4 Å². The predicted molar refractivity (Wildman–Crippen MR) is 64.8 cm³/mol. The molecule has 0 saturated heterocycles. The first-order chi connectivity index (χ1) is 6.63. The number of halogens is 1. The van der Waals surface area contributed by atoms with Crippen LogP contribution >= 0.6 is 15.9 Å². The number of carbonyl (C=O) groups excluding carboxylic acids is 1. The Morgan fingerprint density at radius 3 is 2.57 bits per heavy atom. The Balaban J connectivity index is 3.74. The first kappa shape index (κ1) is 13.9. The van der Waals surface area contributed by atoms with E-state index in [1.807, 2.05) is 11.9 Å². The van der Waals surface area contributed by atoms with Crippen LogP contribution in [0.1, 0.15) is 46.0 Å². The molecule has 1 atom stereocenters. The van der Waals surface area contributed by atoms with Crippen LogP contribution in [0, 0.1) is 0 Å². The molecule has 14 heavy (non-hydrogen) atoms. The molecule has 2 nitrogen and oxygen atoms in total. The molecule has 0 aliphatic carbocycles. The highest BCUT2D eigenvalue weighted by Crippen LogP contribution is 2.08. The van der Waals surface area contributed by atoms with Crippen LogP contribution in [0.25, 0.3) is 0 Å². The number of alkyl halides is 1. The zero-order chi connectivity index (χ0) is 11.0. The summed E-state index contributed by atoms with van der Waals surface area (Å²) in [7, 11) is 1.91. The summed E-state index contributed by atoms with van der Waals surface area (Å²) >= 11 is 3.37. The van der Waals surface area contributed by atoms with E-state index in [0.29, 0.717) is 12.5 Å². The van der Waals surface area contributed by atoms with Gasteiger partial charge in [-0.2, -0.15) is 0 Å². The summed E-state index contributed by atoms with van der Waals surface area (Å²) in [6.07, 6.45) is 5.01. The lowest BCUT2D eigenvalue weighted by Gasteiger charge is -2.24. The molecule has 0 rings (SSSR count). The Morgan fingerprint density at radius 2 is 2.07 bits per heavy atom. The Bertz CT molecular complexity index is 161. The van der Waals surface area contributed by atoms with Gasteiger partial charge >= 0.3 is 0 Å². The van der Waals surface area contributed by atoms with E-state index in [9.17, 15) is 4.79 Å². The van der Waals surface area contributed by atoms with Crippen molar-refractivity contribution in [3.05, 3.63) is 0 Å². The van der Waals surface area contributed by atoms with Crippen LogP contribution in [-0.2, 0) is 4.79 Å². The van der Waals surface area contributed by atoms with Gasteiger partial charge < -0.3 is 4.90 Å². The third kappa shape index (κ3) is 5.63. The van der Waals surface area contributed by atoms with Crippen LogP contribution in [0.4, 0.5) is 0 Å². The molecule has 0 aromatic rings. The number of amides is 1. The minimum Gasteiger partial charge on any atom is -0.343 e. The average Bonchev–Trinajstić information content (AvgIpc) is 2.17. The molecule has 84 valence electrons. The van der Waals surface area contributed by atoms with Crippen LogP contribution in [0.5, 0.6) is 0 Å². The molecule has 0 aliphatic rings. The fourth-order valence-electron chi connectivity index (χ4n) is 1.40. The molecule has 1 amide bonds. The van der Waals surface area contributed by atoms with Gasteiger partial charge in [-0.3, -0.25) is 4.79 Å². The molecule has 0 aliphatic heterocycles. The van der Waals surface area contributed by atoms with E-state index < -0.39 is 0 Å². The molecule has 3 heteroatoms. The Hall–Kier alpha value is -0.0500. The average molecular weight is 264 g/mol. The summed E-state index contributed by atoms with van der Waals surface area (Å²) in [5, 5.41) is 0.995. The van der Waals surface area contributed by atoms with Crippen molar-refractivity contribution in [1.82, 2.24) is 4.90 Å². The van der Waals surface area contributed by atoms with Crippen LogP contribution in [0.2, 0.25) is 0 Å². The largest absolute Gasteiger partial charge is 0.343 e. The van der Waals surface area contributed by atoms with Crippen molar-refractivity contribution in [1.29, 1.82) is 0 Å². The highest BCUT2D eigenvalue weighted by Gasteiger charge is 2.13. The van der Waals surface area contributed by atoms with Crippen molar-refractivity contribution in [2.24, 2.45) is 0 Å². The van der Waals surface area contributed by atoms with Gasteiger partial charge in [-0.15, -0.1) is 0 Å². The summed E-state index contributed by atoms with van der Waals surface area (Å²) in [4.78, 5) is 13.5.